The number of nitrogens with one attached hydrogen (secondary N) is 3. The molecule has 5 N–H and O–H groups in total. The van der Waals surface area contributed by atoms with Gasteiger partial charge in [-0.1, -0.05) is 24.3 Å². The lowest BCUT2D eigenvalue weighted by molar-refractivity contribution is -0.114. The molecule has 0 heterocycles. The van der Waals surface area contributed by atoms with E-state index >= 15 is 0 Å². The van der Waals surface area contributed by atoms with Gasteiger partial charge < -0.3 is 21.7 Å². The second kappa shape index (κ2) is 8.17. The molecule has 0 saturated carbocycles. The number of hydrogen-bond acceptors (Lipinski definition) is 4. The van der Waals surface area contributed by atoms with Gasteiger partial charge in [-0.15, -0.1) is 0 Å². The number of nitrogens with two attached hydrogens (primary N) is 1. The summed E-state index contributed by atoms with van der Waals surface area (Å²) in [6.45, 7) is 1.52. The van der Waals surface area contributed by atoms with Crippen molar-refractivity contribution < 1.29 is 4.79 Å². The van der Waals surface area contributed by atoms with Gasteiger partial charge in [0.1, 0.15) is 0 Å². The Bertz CT molecular complexity index is 610. The summed E-state index contributed by atoms with van der Waals surface area (Å²) in [4.78, 5) is 11.9. The van der Waals surface area contributed by atoms with Gasteiger partial charge in [0.05, 0.1) is 6.54 Å². The fourth-order valence-electron chi connectivity index (χ4n) is 2.11. The molecule has 0 radical (unpaired) electrons. The highest BCUT2D eigenvalue weighted by Crippen LogP contribution is 2.11. The maximum Gasteiger partial charge on any atom is 0.243 e. The third-order valence-electron chi connectivity index (χ3n) is 3.23. The fourth-order valence-corrected chi connectivity index (χ4v) is 2.11. The van der Waals surface area contributed by atoms with E-state index in [2.05, 4.69) is 16.0 Å². The SMILES string of the molecule is CNCc1cccc(NCC(=O)Nc2ccc(CN)cc2)c1. The topological polar surface area (TPSA) is 79.2 Å². The molecule has 1 amide bonds. The van der Waals surface area contributed by atoms with Crippen molar-refractivity contribution in [3.05, 3.63) is 59.7 Å². The Labute approximate surface area is 130 Å². The Morgan fingerprint density at radius 2 is 1.82 bits per heavy atom. The largest absolute Gasteiger partial charge is 0.376 e. The van der Waals surface area contributed by atoms with E-state index in [0.717, 1.165) is 23.5 Å². The van der Waals surface area contributed by atoms with Crippen LogP contribution < -0.4 is 21.7 Å². The van der Waals surface area contributed by atoms with Gasteiger partial charge in [-0.3, -0.25) is 4.79 Å². The monoisotopic (exact) mass is 298 g/mol. The van der Waals surface area contributed by atoms with Crippen molar-refractivity contribution in [3.8, 4) is 0 Å². The fraction of sp³-hybridized carbons (Fsp3) is 0.235. The van der Waals surface area contributed by atoms with Crippen LogP contribution in [0.25, 0.3) is 0 Å². The average Bonchev–Trinajstić information content (AvgIpc) is 2.54. The summed E-state index contributed by atoms with van der Waals surface area (Å²) < 4.78 is 0. The summed E-state index contributed by atoms with van der Waals surface area (Å²) in [6.07, 6.45) is 0. The first-order valence-corrected chi connectivity index (χ1v) is 7.27. The third kappa shape index (κ3) is 4.87. The van der Waals surface area contributed by atoms with Crippen LogP contribution in [0.4, 0.5) is 11.4 Å². The molecule has 2 aromatic rings. The lowest BCUT2D eigenvalue weighted by Gasteiger charge is -2.09. The Kier molecular flexibility index (Phi) is 5.94. The van der Waals surface area contributed by atoms with Crippen molar-refractivity contribution in [2.75, 3.05) is 24.2 Å². The molecule has 0 aliphatic carbocycles. The highest BCUT2D eigenvalue weighted by molar-refractivity contribution is 5.93. The van der Waals surface area contributed by atoms with E-state index in [9.17, 15) is 4.79 Å². The predicted octanol–water partition coefficient (Wildman–Crippen LogP) is 1.92. The second-order valence-corrected chi connectivity index (χ2v) is 5.03. The summed E-state index contributed by atoms with van der Waals surface area (Å²) in [5.41, 5.74) is 9.46. The Balaban J connectivity index is 1.85. The van der Waals surface area contributed by atoms with Gasteiger partial charge in [0.15, 0.2) is 0 Å². The lowest BCUT2D eigenvalue weighted by atomic mass is 10.2. The average molecular weight is 298 g/mol. The van der Waals surface area contributed by atoms with E-state index < -0.39 is 0 Å². The standard InChI is InChI=1S/C17H22N4O/c1-19-11-14-3-2-4-16(9-14)20-12-17(22)21-15-7-5-13(10-18)6-8-15/h2-9,19-20H,10-12,18H2,1H3,(H,21,22). The van der Waals surface area contributed by atoms with Crippen LogP contribution in [0.3, 0.4) is 0 Å². The van der Waals surface area contributed by atoms with Crippen molar-refractivity contribution >= 4 is 17.3 Å². The van der Waals surface area contributed by atoms with Gasteiger partial charge in [-0.2, -0.15) is 0 Å². The van der Waals surface area contributed by atoms with Gasteiger partial charge >= 0.3 is 0 Å². The van der Waals surface area contributed by atoms with Crippen LogP contribution >= 0.6 is 0 Å². The van der Waals surface area contributed by atoms with Gasteiger partial charge in [-0.05, 0) is 42.4 Å². The van der Waals surface area contributed by atoms with Crippen molar-refractivity contribution in [2.45, 2.75) is 13.1 Å². The molecular weight excluding hydrogens is 276 g/mol. The first-order chi connectivity index (χ1) is 10.7. The van der Waals surface area contributed by atoms with Gasteiger partial charge in [0.2, 0.25) is 5.91 Å². The number of amides is 1. The highest BCUT2D eigenvalue weighted by atomic mass is 16.1. The zero-order valence-electron chi connectivity index (χ0n) is 12.7. The molecule has 0 aliphatic rings. The van der Waals surface area contributed by atoms with Crippen LogP contribution in [0, 0.1) is 0 Å². The zero-order valence-corrected chi connectivity index (χ0v) is 12.7. The molecule has 5 nitrogen and oxygen atoms in total. The molecule has 2 rings (SSSR count). The summed E-state index contributed by atoms with van der Waals surface area (Å²) in [5, 5.41) is 9.08. The highest BCUT2D eigenvalue weighted by Gasteiger charge is 2.03. The molecular formula is C17H22N4O. The summed E-state index contributed by atoms with van der Waals surface area (Å²) in [5.74, 6) is -0.0838. The Morgan fingerprint density at radius 3 is 2.50 bits per heavy atom. The number of carbonyl (C=O) groups is 1. The molecule has 0 spiro atoms. The van der Waals surface area contributed by atoms with Crippen molar-refractivity contribution in [3.63, 3.8) is 0 Å². The first-order valence-electron chi connectivity index (χ1n) is 7.27. The van der Waals surface area contributed by atoms with E-state index in [1.807, 2.05) is 55.6 Å². The number of rotatable bonds is 7. The van der Waals surface area contributed by atoms with Crippen LogP contribution in [-0.2, 0) is 17.9 Å². The van der Waals surface area contributed by atoms with E-state index in [1.54, 1.807) is 0 Å². The number of benzene rings is 2. The van der Waals surface area contributed by atoms with E-state index in [1.165, 1.54) is 5.56 Å². The minimum atomic E-state index is -0.0838. The molecule has 0 atom stereocenters. The third-order valence-corrected chi connectivity index (χ3v) is 3.23. The number of anilines is 2. The summed E-state index contributed by atoms with van der Waals surface area (Å²) in [7, 11) is 1.91. The van der Waals surface area contributed by atoms with Crippen molar-refractivity contribution in [1.29, 1.82) is 0 Å². The zero-order chi connectivity index (χ0) is 15.8. The second-order valence-electron chi connectivity index (χ2n) is 5.03. The normalized spacial score (nSPS) is 10.3. The smallest absolute Gasteiger partial charge is 0.243 e. The maximum atomic E-state index is 11.9. The molecule has 5 heteroatoms. The Morgan fingerprint density at radius 1 is 1.05 bits per heavy atom. The van der Waals surface area contributed by atoms with Crippen LogP contribution in [-0.4, -0.2) is 19.5 Å². The molecule has 0 unspecified atom stereocenters. The summed E-state index contributed by atoms with van der Waals surface area (Å²) >= 11 is 0. The van der Waals surface area contributed by atoms with Crippen LogP contribution in [0.5, 0.6) is 0 Å². The minimum absolute atomic E-state index is 0.0838. The molecule has 0 fully saturated rings. The maximum absolute atomic E-state index is 11.9. The lowest BCUT2D eigenvalue weighted by Crippen LogP contribution is -2.21. The molecule has 0 saturated heterocycles. The van der Waals surface area contributed by atoms with E-state index in [0.29, 0.717) is 6.54 Å². The molecule has 0 aromatic heterocycles. The summed E-state index contributed by atoms with van der Waals surface area (Å²) in [6, 6.07) is 15.5. The molecule has 0 bridgehead atoms. The van der Waals surface area contributed by atoms with Crippen molar-refractivity contribution in [1.82, 2.24) is 5.32 Å². The van der Waals surface area contributed by atoms with E-state index in [-0.39, 0.29) is 12.5 Å². The van der Waals surface area contributed by atoms with Gasteiger partial charge in [0, 0.05) is 24.5 Å². The van der Waals surface area contributed by atoms with E-state index in [4.69, 9.17) is 5.73 Å². The molecule has 22 heavy (non-hydrogen) atoms. The van der Waals surface area contributed by atoms with Gasteiger partial charge in [-0.25, -0.2) is 0 Å². The first kappa shape index (κ1) is 16.0. The minimum Gasteiger partial charge on any atom is -0.376 e. The molecule has 2 aromatic carbocycles. The van der Waals surface area contributed by atoms with Gasteiger partial charge in [0.25, 0.3) is 0 Å². The molecule has 0 aliphatic heterocycles. The quantitative estimate of drug-likeness (QED) is 0.629. The van der Waals surface area contributed by atoms with Crippen LogP contribution in [0.2, 0.25) is 0 Å². The predicted molar refractivity (Wildman–Crippen MR) is 90.7 cm³/mol. The number of hydrogen-bond donors (Lipinski definition) is 4. The van der Waals surface area contributed by atoms with Crippen LogP contribution in [0.1, 0.15) is 11.1 Å². The molecule has 116 valence electrons. The Hall–Kier alpha value is -2.37. The van der Waals surface area contributed by atoms with Crippen molar-refractivity contribution in [2.24, 2.45) is 5.73 Å². The van der Waals surface area contributed by atoms with Crippen LogP contribution in [0.15, 0.2) is 48.5 Å². The number of carbonyl (C=O) groups excluding carboxylic acids is 1.